The van der Waals surface area contributed by atoms with Crippen LogP contribution in [0.15, 0.2) is 36.5 Å². The third-order valence-corrected chi connectivity index (χ3v) is 3.57. The molecule has 1 amide bonds. The molecular weight excluding hydrogens is 252 g/mol. The highest BCUT2D eigenvalue weighted by atomic mass is 16.1. The number of pyridine rings is 1. The fourth-order valence-corrected chi connectivity index (χ4v) is 2.59. The smallest absolute Gasteiger partial charge is 0.250 e. The topological polar surface area (TPSA) is 85.2 Å². The van der Waals surface area contributed by atoms with Gasteiger partial charge in [0.2, 0.25) is 0 Å². The SMILES string of the molecule is NC(=O)c1cc(N2CCCc3ccccc32)ncc1N. The second-order valence-corrected chi connectivity index (χ2v) is 4.88. The highest BCUT2D eigenvalue weighted by molar-refractivity contribution is 5.98. The number of amides is 1. The predicted octanol–water partition coefficient (Wildman–Crippen LogP) is 1.85. The van der Waals surface area contributed by atoms with Crippen molar-refractivity contribution in [1.29, 1.82) is 0 Å². The lowest BCUT2D eigenvalue weighted by Crippen LogP contribution is -2.26. The molecule has 1 aliphatic rings. The molecule has 2 heterocycles. The van der Waals surface area contributed by atoms with Gasteiger partial charge in [-0.3, -0.25) is 4.79 Å². The van der Waals surface area contributed by atoms with Gasteiger partial charge in [0.25, 0.3) is 5.91 Å². The highest BCUT2D eigenvalue weighted by Crippen LogP contribution is 2.32. The minimum atomic E-state index is -0.531. The van der Waals surface area contributed by atoms with E-state index in [-0.39, 0.29) is 0 Å². The Morgan fingerprint density at radius 2 is 2.10 bits per heavy atom. The Morgan fingerprint density at radius 3 is 2.90 bits per heavy atom. The Kier molecular flexibility index (Phi) is 3.02. The number of hydrogen-bond donors (Lipinski definition) is 2. The van der Waals surface area contributed by atoms with E-state index in [2.05, 4.69) is 22.0 Å². The highest BCUT2D eigenvalue weighted by Gasteiger charge is 2.20. The second-order valence-electron chi connectivity index (χ2n) is 4.88. The Labute approximate surface area is 117 Å². The minimum absolute atomic E-state index is 0.312. The molecule has 3 rings (SSSR count). The first-order valence-electron chi connectivity index (χ1n) is 6.57. The molecule has 0 radical (unpaired) electrons. The number of carbonyl (C=O) groups excluding carboxylic acids is 1. The molecule has 0 aliphatic carbocycles. The molecule has 1 aromatic carbocycles. The lowest BCUT2D eigenvalue weighted by atomic mass is 10.0. The van der Waals surface area contributed by atoms with Gasteiger partial charge in [0.1, 0.15) is 5.82 Å². The molecule has 0 unspecified atom stereocenters. The Morgan fingerprint density at radius 1 is 1.30 bits per heavy atom. The molecular formula is C15H16N4O. The van der Waals surface area contributed by atoms with E-state index in [4.69, 9.17) is 11.5 Å². The van der Waals surface area contributed by atoms with Crippen molar-refractivity contribution in [3.8, 4) is 0 Å². The number of para-hydroxylation sites is 1. The summed E-state index contributed by atoms with van der Waals surface area (Å²) in [6, 6.07) is 9.89. The molecule has 2 aromatic rings. The van der Waals surface area contributed by atoms with Gasteiger partial charge in [0, 0.05) is 12.2 Å². The largest absolute Gasteiger partial charge is 0.397 e. The van der Waals surface area contributed by atoms with E-state index in [9.17, 15) is 4.79 Å². The summed E-state index contributed by atoms with van der Waals surface area (Å²) in [5.41, 5.74) is 14.1. The number of aromatic nitrogens is 1. The van der Waals surface area contributed by atoms with Crippen molar-refractivity contribution < 1.29 is 4.79 Å². The van der Waals surface area contributed by atoms with E-state index < -0.39 is 5.91 Å². The summed E-state index contributed by atoms with van der Waals surface area (Å²) >= 11 is 0. The van der Waals surface area contributed by atoms with Crippen molar-refractivity contribution in [2.24, 2.45) is 5.73 Å². The summed E-state index contributed by atoms with van der Waals surface area (Å²) in [5.74, 6) is 0.177. The van der Waals surface area contributed by atoms with Crippen LogP contribution in [0.25, 0.3) is 0 Å². The molecule has 5 heteroatoms. The van der Waals surface area contributed by atoms with E-state index in [0.717, 1.165) is 25.1 Å². The average molecular weight is 268 g/mol. The van der Waals surface area contributed by atoms with Gasteiger partial charge in [0.05, 0.1) is 17.4 Å². The summed E-state index contributed by atoms with van der Waals surface area (Å²) in [7, 11) is 0. The van der Waals surface area contributed by atoms with Gasteiger partial charge < -0.3 is 16.4 Å². The molecule has 20 heavy (non-hydrogen) atoms. The summed E-state index contributed by atoms with van der Waals surface area (Å²) in [5, 5.41) is 0. The zero-order valence-electron chi connectivity index (χ0n) is 11.0. The molecule has 5 nitrogen and oxygen atoms in total. The molecule has 4 N–H and O–H groups in total. The number of primary amides is 1. The van der Waals surface area contributed by atoms with Gasteiger partial charge in [-0.25, -0.2) is 4.98 Å². The van der Waals surface area contributed by atoms with E-state index >= 15 is 0 Å². The van der Waals surface area contributed by atoms with Crippen LogP contribution < -0.4 is 16.4 Å². The molecule has 0 bridgehead atoms. The molecule has 102 valence electrons. The number of rotatable bonds is 2. The molecule has 0 saturated heterocycles. The van der Waals surface area contributed by atoms with Crippen molar-refractivity contribution in [2.45, 2.75) is 12.8 Å². The van der Waals surface area contributed by atoms with Crippen LogP contribution >= 0.6 is 0 Å². The Hall–Kier alpha value is -2.56. The van der Waals surface area contributed by atoms with Gasteiger partial charge in [-0.2, -0.15) is 0 Å². The number of nitrogens with zero attached hydrogens (tertiary/aromatic N) is 2. The normalized spacial score (nSPS) is 13.9. The maximum atomic E-state index is 11.4. The van der Waals surface area contributed by atoms with Gasteiger partial charge >= 0.3 is 0 Å². The first-order chi connectivity index (χ1) is 9.66. The zero-order chi connectivity index (χ0) is 14.1. The number of aryl methyl sites for hydroxylation is 1. The van der Waals surface area contributed by atoms with Gasteiger partial charge in [-0.05, 0) is 30.5 Å². The zero-order valence-corrected chi connectivity index (χ0v) is 11.0. The minimum Gasteiger partial charge on any atom is -0.397 e. The Bertz CT molecular complexity index is 669. The van der Waals surface area contributed by atoms with Crippen LogP contribution in [0.3, 0.4) is 0 Å². The van der Waals surface area contributed by atoms with E-state index in [0.29, 0.717) is 17.1 Å². The van der Waals surface area contributed by atoms with Crippen molar-refractivity contribution in [3.05, 3.63) is 47.7 Å². The monoisotopic (exact) mass is 268 g/mol. The first kappa shape index (κ1) is 12.5. The van der Waals surface area contributed by atoms with Crippen molar-refractivity contribution in [2.75, 3.05) is 17.2 Å². The number of nitrogen functional groups attached to an aromatic ring is 1. The van der Waals surface area contributed by atoms with Crippen LogP contribution in [0.4, 0.5) is 17.2 Å². The number of benzene rings is 1. The number of carbonyl (C=O) groups is 1. The van der Waals surface area contributed by atoms with Gasteiger partial charge in [-0.1, -0.05) is 18.2 Å². The van der Waals surface area contributed by atoms with Crippen molar-refractivity contribution in [3.63, 3.8) is 0 Å². The predicted molar refractivity (Wildman–Crippen MR) is 78.9 cm³/mol. The Balaban J connectivity index is 2.07. The molecule has 1 aromatic heterocycles. The number of hydrogen-bond acceptors (Lipinski definition) is 4. The van der Waals surface area contributed by atoms with Crippen LogP contribution in [0.5, 0.6) is 0 Å². The van der Waals surface area contributed by atoms with E-state index in [1.165, 1.54) is 11.8 Å². The maximum Gasteiger partial charge on any atom is 0.250 e. The van der Waals surface area contributed by atoms with Crippen LogP contribution in [0.2, 0.25) is 0 Å². The fraction of sp³-hybridized carbons (Fsp3) is 0.200. The maximum absolute atomic E-state index is 11.4. The molecule has 0 atom stereocenters. The number of nitrogens with two attached hydrogens (primary N) is 2. The lowest BCUT2D eigenvalue weighted by Gasteiger charge is -2.30. The first-order valence-corrected chi connectivity index (χ1v) is 6.57. The van der Waals surface area contributed by atoms with Gasteiger partial charge in [0.15, 0.2) is 0 Å². The van der Waals surface area contributed by atoms with Crippen LogP contribution in [-0.2, 0) is 6.42 Å². The van der Waals surface area contributed by atoms with Crippen molar-refractivity contribution >= 4 is 23.1 Å². The molecule has 0 fully saturated rings. The standard InChI is InChI=1S/C15H16N4O/c16-12-9-18-14(8-11(12)15(17)20)19-7-3-5-10-4-1-2-6-13(10)19/h1-2,4,6,8-9H,3,5,7,16H2,(H2,17,20). The third-order valence-electron chi connectivity index (χ3n) is 3.57. The summed E-state index contributed by atoms with van der Waals surface area (Å²) < 4.78 is 0. The number of fused-ring (bicyclic) bond motifs is 1. The summed E-state index contributed by atoms with van der Waals surface area (Å²) in [6.45, 7) is 0.867. The molecule has 0 saturated carbocycles. The third kappa shape index (κ3) is 2.07. The fourth-order valence-electron chi connectivity index (χ4n) is 2.59. The summed E-state index contributed by atoms with van der Waals surface area (Å²) in [4.78, 5) is 17.8. The summed E-state index contributed by atoms with van der Waals surface area (Å²) in [6.07, 6.45) is 3.60. The lowest BCUT2D eigenvalue weighted by molar-refractivity contribution is 0.100. The number of anilines is 3. The molecule has 0 spiro atoms. The second kappa shape index (κ2) is 4.85. The van der Waals surface area contributed by atoms with Crippen LogP contribution in [0.1, 0.15) is 22.3 Å². The van der Waals surface area contributed by atoms with Gasteiger partial charge in [-0.15, -0.1) is 0 Å². The van der Waals surface area contributed by atoms with Crippen LogP contribution in [-0.4, -0.2) is 17.4 Å². The van der Waals surface area contributed by atoms with E-state index in [1.54, 1.807) is 6.07 Å². The average Bonchev–Trinajstić information content (AvgIpc) is 2.47. The van der Waals surface area contributed by atoms with Crippen molar-refractivity contribution in [1.82, 2.24) is 4.98 Å². The molecule has 1 aliphatic heterocycles. The van der Waals surface area contributed by atoms with Crippen LogP contribution in [0, 0.1) is 0 Å². The van der Waals surface area contributed by atoms with E-state index in [1.807, 2.05) is 12.1 Å². The quantitative estimate of drug-likeness (QED) is 0.870.